The average Bonchev–Trinajstić information content (AvgIpc) is 3.07. The molecule has 2 aromatic rings. The first-order chi connectivity index (χ1) is 12.0. The zero-order valence-corrected chi connectivity index (χ0v) is 14.6. The monoisotopic (exact) mass is 344 g/mol. The van der Waals surface area contributed by atoms with Crippen molar-refractivity contribution in [1.29, 1.82) is 0 Å². The summed E-state index contributed by atoms with van der Waals surface area (Å²) < 4.78 is 5.28. The van der Waals surface area contributed by atoms with E-state index in [9.17, 15) is 9.90 Å². The molecule has 25 heavy (non-hydrogen) atoms. The number of β-amino-alcohol motifs (C(OH)–C–C–N with tert-alkyl or cyclic N) is 1. The Morgan fingerprint density at radius 2 is 2.20 bits per heavy atom. The maximum Gasteiger partial charge on any atom is 0.318 e. The molecule has 0 radical (unpaired) electrons. The zero-order chi connectivity index (χ0) is 17.8. The van der Waals surface area contributed by atoms with Crippen molar-refractivity contribution < 1.29 is 14.4 Å². The number of hydrogen-bond donors (Lipinski definition) is 2. The van der Waals surface area contributed by atoms with Gasteiger partial charge in [0.1, 0.15) is 0 Å². The van der Waals surface area contributed by atoms with E-state index in [-0.39, 0.29) is 18.0 Å². The Kier molecular flexibility index (Phi) is 5.33. The highest BCUT2D eigenvalue weighted by Crippen LogP contribution is 2.18. The molecule has 1 fully saturated rings. The van der Waals surface area contributed by atoms with Crippen LogP contribution in [0.3, 0.4) is 0 Å². The molecule has 0 bridgehead atoms. The zero-order valence-electron chi connectivity index (χ0n) is 14.6. The fourth-order valence-corrected chi connectivity index (χ4v) is 2.86. The highest BCUT2D eigenvalue weighted by atomic mass is 16.5. The average molecular weight is 344 g/mol. The summed E-state index contributed by atoms with van der Waals surface area (Å²) >= 11 is 0. The Labute approximate surface area is 147 Å². The fraction of sp³-hybridized carbons (Fsp3) is 0.500. The molecular weight excluding hydrogens is 320 g/mol. The SMILES string of the molecule is CC(NC(=O)N1CCC(C)C(O)C1)c1noc(Cc2ccccc2)n1. The molecule has 2 N–H and O–H groups in total. The number of aromatic nitrogens is 2. The molecule has 1 aromatic carbocycles. The standard InChI is InChI=1S/C18H24N4O3/c1-12-8-9-22(11-15(12)23)18(24)19-13(2)17-20-16(25-21-17)10-14-6-4-3-5-7-14/h3-7,12-13,15,23H,8-11H2,1-2H3,(H,19,24). The van der Waals surface area contributed by atoms with Gasteiger partial charge in [-0.25, -0.2) is 4.79 Å². The smallest absolute Gasteiger partial charge is 0.318 e. The number of nitrogens with zero attached hydrogens (tertiary/aromatic N) is 3. The van der Waals surface area contributed by atoms with Crippen molar-refractivity contribution >= 4 is 6.03 Å². The van der Waals surface area contributed by atoms with Gasteiger partial charge in [0, 0.05) is 13.1 Å². The van der Waals surface area contributed by atoms with Gasteiger partial charge in [-0.2, -0.15) is 4.98 Å². The van der Waals surface area contributed by atoms with E-state index in [1.807, 2.05) is 44.2 Å². The quantitative estimate of drug-likeness (QED) is 0.886. The molecule has 0 spiro atoms. The molecule has 0 saturated carbocycles. The number of benzene rings is 1. The molecule has 2 amide bonds. The van der Waals surface area contributed by atoms with Crippen LogP contribution < -0.4 is 5.32 Å². The third-order valence-corrected chi connectivity index (χ3v) is 4.62. The van der Waals surface area contributed by atoms with E-state index in [4.69, 9.17) is 4.52 Å². The molecule has 0 aliphatic carbocycles. The first-order valence-corrected chi connectivity index (χ1v) is 8.63. The van der Waals surface area contributed by atoms with Crippen LogP contribution in [0.15, 0.2) is 34.9 Å². The van der Waals surface area contributed by atoms with Crippen LogP contribution in [-0.2, 0) is 6.42 Å². The fourth-order valence-electron chi connectivity index (χ4n) is 2.86. The Morgan fingerprint density at radius 3 is 2.92 bits per heavy atom. The number of likely N-dealkylation sites (tertiary alicyclic amines) is 1. The van der Waals surface area contributed by atoms with Crippen molar-refractivity contribution in [1.82, 2.24) is 20.4 Å². The van der Waals surface area contributed by atoms with Crippen molar-refractivity contribution in [2.45, 2.75) is 38.8 Å². The molecule has 7 heteroatoms. The molecule has 1 aliphatic rings. The second kappa shape index (κ2) is 7.65. The normalized spacial score (nSPS) is 21.8. The molecule has 2 heterocycles. The van der Waals surface area contributed by atoms with Gasteiger partial charge < -0.3 is 19.8 Å². The highest BCUT2D eigenvalue weighted by Gasteiger charge is 2.28. The summed E-state index contributed by atoms with van der Waals surface area (Å²) in [6, 6.07) is 9.30. The largest absolute Gasteiger partial charge is 0.391 e. The van der Waals surface area contributed by atoms with Gasteiger partial charge in [-0.05, 0) is 24.8 Å². The van der Waals surface area contributed by atoms with E-state index in [0.29, 0.717) is 31.2 Å². The number of amides is 2. The maximum absolute atomic E-state index is 12.3. The van der Waals surface area contributed by atoms with Crippen molar-refractivity contribution in [3.63, 3.8) is 0 Å². The van der Waals surface area contributed by atoms with E-state index in [1.165, 1.54) is 0 Å². The summed E-state index contributed by atoms with van der Waals surface area (Å²) in [6.45, 7) is 4.81. The van der Waals surface area contributed by atoms with Crippen LogP contribution in [0, 0.1) is 5.92 Å². The number of carbonyl (C=O) groups is 1. The van der Waals surface area contributed by atoms with E-state index in [2.05, 4.69) is 15.5 Å². The number of aliphatic hydroxyl groups excluding tert-OH is 1. The number of urea groups is 1. The van der Waals surface area contributed by atoms with Crippen molar-refractivity contribution in [3.05, 3.63) is 47.6 Å². The van der Waals surface area contributed by atoms with Crippen LogP contribution >= 0.6 is 0 Å². The van der Waals surface area contributed by atoms with Crippen molar-refractivity contribution in [2.24, 2.45) is 5.92 Å². The molecule has 3 atom stereocenters. The van der Waals surface area contributed by atoms with Gasteiger partial charge in [0.25, 0.3) is 0 Å². The van der Waals surface area contributed by atoms with E-state index in [1.54, 1.807) is 4.90 Å². The van der Waals surface area contributed by atoms with Crippen LogP contribution in [-0.4, -0.2) is 45.4 Å². The molecule has 1 saturated heterocycles. The predicted molar refractivity (Wildman–Crippen MR) is 91.9 cm³/mol. The highest BCUT2D eigenvalue weighted by molar-refractivity contribution is 5.74. The second-order valence-electron chi connectivity index (χ2n) is 6.66. The lowest BCUT2D eigenvalue weighted by molar-refractivity contribution is 0.0430. The lowest BCUT2D eigenvalue weighted by atomic mass is 9.96. The first-order valence-electron chi connectivity index (χ1n) is 8.63. The minimum absolute atomic E-state index is 0.215. The summed E-state index contributed by atoms with van der Waals surface area (Å²) in [5, 5.41) is 16.8. The Morgan fingerprint density at radius 1 is 1.44 bits per heavy atom. The molecule has 134 valence electrons. The minimum atomic E-state index is -0.475. The van der Waals surface area contributed by atoms with Crippen LogP contribution in [0.1, 0.15) is 43.6 Å². The molecule has 7 nitrogen and oxygen atoms in total. The molecule has 1 aliphatic heterocycles. The van der Waals surface area contributed by atoms with E-state index in [0.717, 1.165) is 12.0 Å². The summed E-state index contributed by atoms with van der Waals surface area (Å²) in [4.78, 5) is 18.4. The van der Waals surface area contributed by atoms with Gasteiger partial charge in [-0.15, -0.1) is 0 Å². The van der Waals surface area contributed by atoms with Gasteiger partial charge in [-0.1, -0.05) is 42.4 Å². The Hall–Kier alpha value is -2.41. The van der Waals surface area contributed by atoms with Crippen LogP contribution in [0.4, 0.5) is 4.79 Å². The number of rotatable bonds is 4. The number of aliphatic hydroxyl groups is 1. The van der Waals surface area contributed by atoms with Crippen molar-refractivity contribution in [2.75, 3.05) is 13.1 Å². The van der Waals surface area contributed by atoms with E-state index < -0.39 is 6.10 Å². The van der Waals surface area contributed by atoms with Gasteiger partial charge in [0.2, 0.25) is 5.89 Å². The molecule has 1 aromatic heterocycles. The molecule has 3 rings (SSSR count). The van der Waals surface area contributed by atoms with Gasteiger partial charge >= 0.3 is 6.03 Å². The van der Waals surface area contributed by atoms with Crippen LogP contribution in [0.2, 0.25) is 0 Å². The summed E-state index contributed by atoms with van der Waals surface area (Å²) in [5.74, 6) is 1.19. The third-order valence-electron chi connectivity index (χ3n) is 4.62. The maximum atomic E-state index is 12.3. The van der Waals surface area contributed by atoms with E-state index >= 15 is 0 Å². The Balaban J connectivity index is 1.56. The predicted octanol–water partition coefficient (Wildman–Crippen LogP) is 2.13. The van der Waals surface area contributed by atoms with Gasteiger partial charge in [0.15, 0.2) is 5.82 Å². The number of nitrogens with one attached hydrogen (secondary N) is 1. The topological polar surface area (TPSA) is 91.5 Å². The lowest BCUT2D eigenvalue weighted by Gasteiger charge is -2.34. The molecular formula is C18H24N4O3. The minimum Gasteiger partial charge on any atom is -0.391 e. The lowest BCUT2D eigenvalue weighted by Crippen LogP contribution is -2.50. The number of piperidine rings is 1. The Bertz CT molecular complexity index is 703. The summed E-state index contributed by atoms with van der Waals surface area (Å²) in [7, 11) is 0. The van der Waals surface area contributed by atoms with Gasteiger partial charge in [-0.3, -0.25) is 0 Å². The van der Waals surface area contributed by atoms with Gasteiger partial charge in [0.05, 0.1) is 18.6 Å². The summed E-state index contributed by atoms with van der Waals surface area (Å²) in [5.41, 5.74) is 1.09. The molecule has 3 unspecified atom stereocenters. The van der Waals surface area contributed by atoms with Crippen LogP contribution in [0.5, 0.6) is 0 Å². The number of carbonyl (C=O) groups excluding carboxylic acids is 1. The first kappa shape index (κ1) is 17.4. The summed E-state index contributed by atoms with van der Waals surface area (Å²) in [6.07, 6.45) is 0.884. The second-order valence-corrected chi connectivity index (χ2v) is 6.66. The van der Waals surface area contributed by atoms with Crippen molar-refractivity contribution in [3.8, 4) is 0 Å². The number of hydrogen-bond acceptors (Lipinski definition) is 5. The third kappa shape index (κ3) is 4.36. The van der Waals surface area contributed by atoms with Crippen LogP contribution in [0.25, 0.3) is 0 Å².